The van der Waals surface area contributed by atoms with Crippen LogP contribution < -0.4 is 0 Å². The summed E-state index contributed by atoms with van der Waals surface area (Å²) in [4.78, 5) is 2.24. The third kappa shape index (κ3) is 1.15. The lowest BCUT2D eigenvalue weighted by Gasteiger charge is -2.08. The van der Waals surface area contributed by atoms with Gasteiger partial charge in [-0.2, -0.15) is 8.78 Å². The first-order valence-corrected chi connectivity index (χ1v) is 2.74. The zero-order valence-corrected chi connectivity index (χ0v) is 5.07. The van der Waals surface area contributed by atoms with E-state index in [0.29, 0.717) is 0 Å². The van der Waals surface area contributed by atoms with Gasteiger partial charge in [0.25, 0.3) is 0 Å². The molecule has 1 N–H and O–H groups in total. The van der Waals surface area contributed by atoms with Gasteiger partial charge < -0.3 is 4.98 Å². The second-order valence-corrected chi connectivity index (χ2v) is 1.92. The van der Waals surface area contributed by atoms with Gasteiger partial charge in [-0.1, -0.05) is 0 Å². The Balaban J connectivity index is 2.85. The summed E-state index contributed by atoms with van der Waals surface area (Å²) < 4.78 is 36.2. The van der Waals surface area contributed by atoms with Crippen molar-refractivity contribution in [3.8, 4) is 0 Å². The van der Waals surface area contributed by atoms with E-state index in [-0.39, 0.29) is 5.69 Å². The first kappa shape index (κ1) is 7.18. The van der Waals surface area contributed by atoms with Crippen molar-refractivity contribution in [1.29, 1.82) is 0 Å². The number of halogens is 3. The number of aromatic nitrogens is 1. The third-order valence-corrected chi connectivity index (χ3v) is 1.16. The van der Waals surface area contributed by atoms with Crippen molar-refractivity contribution in [1.82, 2.24) is 4.98 Å². The van der Waals surface area contributed by atoms with Crippen LogP contribution in [0.3, 0.4) is 0 Å². The fourth-order valence-electron chi connectivity index (χ4n) is 0.630. The summed E-state index contributed by atoms with van der Waals surface area (Å²) >= 11 is 0. The minimum atomic E-state index is -3.36. The predicted molar refractivity (Wildman–Crippen MR) is 30.7 cm³/mol. The van der Waals surface area contributed by atoms with Crippen LogP contribution in [0, 0.1) is 0 Å². The predicted octanol–water partition coefficient (Wildman–Crippen LogP) is 2.08. The fraction of sp³-hybridized carbons (Fsp3) is 0.333. The van der Waals surface area contributed by atoms with Crippen LogP contribution in [0.15, 0.2) is 18.3 Å². The highest BCUT2D eigenvalue weighted by atomic mass is 19.3. The molecule has 0 spiro atoms. The molecule has 0 atom stereocenters. The summed E-state index contributed by atoms with van der Waals surface area (Å²) in [5.74, 6) is -3.36. The third-order valence-electron chi connectivity index (χ3n) is 1.16. The van der Waals surface area contributed by atoms with Crippen molar-refractivity contribution in [3.63, 3.8) is 0 Å². The summed E-state index contributed by atoms with van der Waals surface area (Å²) in [7, 11) is 0. The van der Waals surface area contributed by atoms with Gasteiger partial charge in [0.05, 0.1) is 5.69 Å². The van der Waals surface area contributed by atoms with Crippen LogP contribution in [0.2, 0.25) is 0 Å². The van der Waals surface area contributed by atoms with Gasteiger partial charge in [0, 0.05) is 6.20 Å². The Hall–Kier alpha value is -0.930. The molecule has 0 aliphatic heterocycles. The first-order chi connectivity index (χ1) is 4.67. The van der Waals surface area contributed by atoms with Crippen LogP contribution >= 0.6 is 0 Å². The van der Waals surface area contributed by atoms with Crippen molar-refractivity contribution < 1.29 is 13.2 Å². The molecule has 1 heterocycles. The summed E-state index contributed by atoms with van der Waals surface area (Å²) in [5.41, 5.74) is -0.380. The van der Waals surface area contributed by atoms with E-state index in [0.717, 1.165) is 6.07 Å². The number of nitrogens with one attached hydrogen (secondary N) is 1. The van der Waals surface area contributed by atoms with Gasteiger partial charge in [-0.25, -0.2) is 4.39 Å². The van der Waals surface area contributed by atoms with E-state index in [1.54, 1.807) is 0 Å². The molecule has 0 amide bonds. The van der Waals surface area contributed by atoms with Crippen molar-refractivity contribution in [2.75, 3.05) is 6.67 Å². The molecule has 1 aromatic heterocycles. The normalized spacial score (nSPS) is 11.9. The van der Waals surface area contributed by atoms with Crippen molar-refractivity contribution in [2.45, 2.75) is 5.92 Å². The minimum Gasteiger partial charge on any atom is -0.360 e. The van der Waals surface area contributed by atoms with Gasteiger partial charge in [-0.05, 0) is 12.1 Å². The van der Waals surface area contributed by atoms with Crippen LogP contribution in [-0.2, 0) is 5.92 Å². The molecule has 4 heteroatoms. The molecule has 0 saturated heterocycles. The van der Waals surface area contributed by atoms with Crippen molar-refractivity contribution in [3.05, 3.63) is 24.0 Å². The maximum Gasteiger partial charge on any atom is 0.315 e. The Morgan fingerprint density at radius 1 is 1.50 bits per heavy atom. The largest absolute Gasteiger partial charge is 0.360 e. The van der Waals surface area contributed by atoms with Crippen molar-refractivity contribution >= 4 is 0 Å². The van der Waals surface area contributed by atoms with E-state index < -0.39 is 12.6 Å². The molecule has 0 aliphatic rings. The van der Waals surface area contributed by atoms with E-state index in [9.17, 15) is 13.2 Å². The minimum absolute atomic E-state index is 0.380. The highest BCUT2D eigenvalue weighted by molar-refractivity contribution is 5.10. The molecule has 0 saturated carbocycles. The maximum absolute atomic E-state index is 12.3. The Morgan fingerprint density at radius 2 is 2.20 bits per heavy atom. The van der Waals surface area contributed by atoms with E-state index in [1.807, 2.05) is 0 Å². The van der Waals surface area contributed by atoms with E-state index >= 15 is 0 Å². The summed E-state index contributed by atoms with van der Waals surface area (Å²) in [6.45, 7) is -1.66. The SMILES string of the molecule is FCC(F)(F)c1ccc[nH]1. The summed E-state index contributed by atoms with van der Waals surface area (Å²) in [5, 5.41) is 0. The molecular weight excluding hydrogens is 143 g/mol. The van der Waals surface area contributed by atoms with Gasteiger partial charge in [0.1, 0.15) is 0 Å². The lowest BCUT2D eigenvalue weighted by molar-refractivity contribution is -0.0317. The molecule has 10 heavy (non-hydrogen) atoms. The highest BCUT2D eigenvalue weighted by Crippen LogP contribution is 2.26. The van der Waals surface area contributed by atoms with E-state index in [2.05, 4.69) is 4.98 Å². The molecular formula is C6H6F3N. The van der Waals surface area contributed by atoms with Crippen LogP contribution in [-0.4, -0.2) is 11.7 Å². The van der Waals surface area contributed by atoms with E-state index in [4.69, 9.17) is 0 Å². The van der Waals surface area contributed by atoms with Gasteiger partial charge in [0.2, 0.25) is 0 Å². The van der Waals surface area contributed by atoms with Gasteiger partial charge in [0.15, 0.2) is 6.67 Å². The van der Waals surface area contributed by atoms with Crippen LogP contribution in [0.4, 0.5) is 13.2 Å². The van der Waals surface area contributed by atoms with Crippen LogP contribution in [0.5, 0.6) is 0 Å². The average Bonchev–Trinajstić information content (AvgIpc) is 2.38. The van der Waals surface area contributed by atoms with Crippen LogP contribution in [0.25, 0.3) is 0 Å². The fourth-order valence-corrected chi connectivity index (χ4v) is 0.630. The van der Waals surface area contributed by atoms with Crippen LogP contribution in [0.1, 0.15) is 5.69 Å². The Kier molecular flexibility index (Phi) is 1.70. The van der Waals surface area contributed by atoms with Gasteiger partial charge in [-0.3, -0.25) is 0 Å². The number of aromatic amines is 1. The quantitative estimate of drug-likeness (QED) is 0.662. The van der Waals surface area contributed by atoms with Crippen molar-refractivity contribution in [2.24, 2.45) is 0 Å². The molecule has 1 nitrogen and oxygen atoms in total. The van der Waals surface area contributed by atoms with E-state index in [1.165, 1.54) is 12.3 Å². The van der Waals surface area contributed by atoms with Gasteiger partial charge >= 0.3 is 5.92 Å². The summed E-state index contributed by atoms with van der Waals surface area (Å²) in [6, 6.07) is 2.55. The molecule has 56 valence electrons. The number of H-pyrrole nitrogens is 1. The number of rotatable bonds is 2. The zero-order valence-electron chi connectivity index (χ0n) is 5.07. The average molecular weight is 149 g/mol. The molecule has 0 aromatic carbocycles. The molecule has 0 radical (unpaired) electrons. The molecule has 1 rings (SSSR count). The second-order valence-electron chi connectivity index (χ2n) is 1.92. The lowest BCUT2D eigenvalue weighted by atomic mass is 10.3. The molecule has 1 aromatic rings. The first-order valence-electron chi connectivity index (χ1n) is 2.74. The molecule has 0 aliphatic carbocycles. The number of hydrogen-bond acceptors (Lipinski definition) is 0. The Bertz CT molecular complexity index is 193. The maximum atomic E-state index is 12.3. The standard InChI is InChI=1S/C6H6F3N/c7-4-6(8,9)5-2-1-3-10-5/h1-3,10H,4H2. The number of hydrogen-bond donors (Lipinski definition) is 1. The number of alkyl halides is 3. The Morgan fingerprint density at radius 3 is 2.60 bits per heavy atom. The molecule has 0 fully saturated rings. The smallest absolute Gasteiger partial charge is 0.315 e. The zero-order chi connectivity index (χ0) is 7.61. The lowest BCUT2D eigenvalue weighted by Crippen LogP contribution is -2.15. The monoisotopic (exact) mass is 149 g/mol. The Labute approximate surface area is 55.9 Å². The summed E-state index contributed by atoms with van der Waals surface area (Å²) in [6.07, 6.45) is 1.33. The second kappa shape index (κ2) is 2.36. The van der Waals surface area contributed by atoms with Gasteiger partial charge in [-0.15, -0.1) is 0 Å². The molecule has 0 unspecified atom stereocenters. The highest BCUT2D eigenvalue weighted by Gasteiger charge is 2.32. The topological polar surface area (TPSA) is 15.8 Å². The molecule has 0 bridgehead atoms.